The lowest BCUT2D eigenvalue weighted by Gasteiger charge is -2.28. The molecule has 0 radical (unpaired) electrons. The number of hydrogen-bond donors (Lipinski definition) is 1. The number of rotatable bonds is 6. The lowest BCUT2D eigenvalue weighted by atomic mass is 10.1. The predicted molar refractivity (Wildman–Crippen MR) is 129 cm³/mol. The number of nitriles is 1. The van der Waals surface area contributed by atoms with Gasteiger partial charge in [-0.2, -0.15) is 5.26 Å². The maximum absolute atomic E-state index is 9.94. The maximum atomic E-state index is 9.94. The molecule has 0 unspecified atom stereocenters. The van der Waals surface area contributed by atoms with Gasteiger partial charge in [-0.25, -0.2) is 0 Å². The Kier molecular flexibility index (Phi) is 6.27. The zero-order valence-electron chi connectivity index (χ0n) is 17.0. The van der Waals surface area contributed by atoms with E-state index in [2.05, 4.69) is 12.6 Å². The van der Waals surface area contributed by atoms with Crippen LogP contribution in [0, 0.1) is 11.3 Å². The molecule has 3 aromatic carbocycles. The maximum Gasteiger partial charge on any atom is 0.231 e. The standard InChI is InChI=1S/C25H19Cl2N3O2/c1-16(19(13-28)10-17-6-9-24-25(11-17)32-15-31-24)30(23-5-3-2-4-22(23)29)14-18-7-8-20(26)12-21(18)27/h2-12H,1,14-15,29H2/b19-10+. The summed E-state index contributed by atoms with van der Waals surface area (Å²) in [6.07, 6.45) is 1.75. The molecular formula is C25H19Cl2N3O2. The molecule has 4 rings (SSSR count). The van der Waals surface area contributed by atoms with E-state index in [-0.39, 0.29) is 6.79 Å². The van der Waals surface area contributed by atoms with Crippen molar-refractivity contribution < 1.29 is 9.47 Å². The van der Waals surface area contributed by atoms with Crippen LogP contribution in [0.1, 0.15) is 11.1 Å². The van der Waals surface area contributed by atoms with E-state index in [1.54, 1.807) is 24.3 Å². The van der Waals surface area contributed by atoms with Crippen LogP contribution in [0.25, 0.3) is 6.08 Å². The Morgan fingerprint density at radius 1 is 1.09 bits per heavy atom. The van der Waals surface area contributed by atoms with Crippen LogP contribution in [0.5, 0.6) is 11.5 Å². The summed E-state index contributed by atoms with van der Waals surface area (Å²) in [6, 6.07) is 20.4. The number of fused-ring (bicyclic) bond motifs is 1. The molecule has 0 spiro atoms. The number of nitrogens with zero attached hydrogens (tertiary/aromatic N) is 2. The number of halogens is 2. The second-order valence-corrected chi connectivity index (χ2v) is 7.95. The fourth-order valence-corrected chi connectivity index (χ4v) is 3.84. The minimum absolute atomic E-state index is 0.184. The van der Waals surface area contributed by atoms with Gasteiger partial charge < -0.3 is 20.1 Å². The first kappa shape index (κ1) is 21.6. The van der Waals surface area contributed by atoms with E-state index in [9.17, 15) is 5.26 Å². The Bertz CT molecular complexity index is 1260. The molecule has 32 heavy (non-hydrogen) atoms. The van der Waals surface area contributed by atoms with Crippen molar-refractivity contribution in [1.82, 2.24) is 0 Å². The van der Waals surface area contributed by atoms with Gasteiger partial charge in [0, 0.05) is 16.6 Å². The average molecular weight is 464 g/mol. The minimum Gasteiger partial charge on any atom is -0.454 e. The minimum atomic E-state index is 0.184. The van der Waals surface area contributed by atoms with Gasteiger partial charge in [-0.05, 0) is 53.6 Å². The number of hydrogen-bond acceptors (Lipinski definition) is 5. The van der Waals surface area contributed by atoms with E-state index in [4.69, 9.17) is 38.4 Å². The molecule has 0 fully saturated rings. The monoisotopic (exact) mass is 463 g/mol. The smallest absolute Gasteiger partial charge is 0.231 e. The van der Waals surface area contributed by atoms with Crippen molar-refractivity contribution in [3.63, 3.8) is 0 Å². The zero-order valence-corrected chi connectivity index (χ0v) is 18.5. The van der Waals surface area contributed by atoms with Crippen LogP contribution in [-0.4, -0.2) is 6.79 Å². The van der Waals surface area contributed by atoms with Crippen LogP contribution in [-0.2, 0) is 6.54 Å². The first-order valence-corrected chi connectivity index (χ1v) is 10.5. The van der Waals surface area contributed by atoms with E-state index in [0.29, 0.717) is 45.0 Å². The third kappa shape index (κ3) is 4.52. The molecule has 2 N–H and O–H groups in total. The first-order chi connectivity index (χ1) is 15.5. The van der Waals surface area contributed by atoms with E-state index in [1.165, 1.54) is 0 Å². The van der Waals surface area contributed by atoms with Crippen molar-refractivity contribution in [3.8, 4) is 17.6 Å². The molecule has 5 nitrogen and oxygen atoms in total. The number of anilines is 2. The van der Waals surface area contributed by atoms with Crippen molar-refractivity contribution in [2.75, 3.05) is 17.4 Å². The van der Waals surface area contributed by atoms with Gasteiger partial charge >= 0.3 is 0 Å². The largest absolute Gasteiger partial charge is 0.454 e. The molecule has 0 aromatic heterocycles. The molecule has 1 aliphatic rings. The highest BCUT2D eigenvalue weighted by Crippen LogP contribution is 2.35. The van der Waals surface area contributed by atoms with Crippen molar-refractivity contribution in [1.29, 1.82) is 5.26 Å². The van der Waals surface area contributed by atoms with Crippen molar-refractivity contribution >= 4 is 40.7 Å². The molecule has 0 saturated carbocycles. The number of ether oxygens (including phenoxy) is 2. The molecule has 0 atom stereocenters. The highest BCUT2D eigenvalue weighted by atomic mass is 35.5. The summed E-state index contributed by atoms with van der Waals surface area (Å²) >= 11 is 12.5. The highest BCUT2D eigenvalue weighted by Gasteiger charge is 2.19. The van der Waals surface area contributed by atoms with E-state index in [1.807, 2.05) is 47.4 Å². The first-order valence-electron chi connectivity index (χ1n) is 9.73. The number of nitrogen functional groups attached to an aromatic ring is 1. The topological polar surface area (TPSA) is 71.5 Å². The van der Waals surface area contributed by atoms with Gasteiger partial charge in [-0.1, -0.05) is 54.0 Å². The van der Waals surface area contributed by atoms with Gasteiger partial charge in [0.05, 0.1) is 22.6 Å². The molecule has 1 heterocycles. The number of allylic oxidation sites excluding steroid dienone is 1. The van der Waals surface area contributed by atoms with Crippen LogP contribution in [0.15, 0.2) is 78.5 Å². The Morgan fingerprint density at radius 2 is 1.88 bits per heavy atom. The molecule has 0 saturated heterocycles. The summed E-state index contributed by atoms with van der Waals surface area (Å²) in [7, 11) is 0. The summed E-state index contributed by atoms with van der Waals surface area (Å²) < 4.78 is 10.8. The highest BCUT2D eigenvalue weighted by molar-refractivity contribution is 6.35. The van der Waals surface area contributed by atoms with Gasteiger partial charge in [0.15, 0.2) is 11.5 Å². The van der Waals surface area contributed by atoms with Gasteiger partial charge in [0.2, 0.25) is 6.79 Å². The Morgan fingerprint density at radius 3 is 2.62 bits per heavy atom. The van der Waals surface area contributed by atoms with Crippen molar-refractivity contribution in [2.45, 2.75) is 6.54 Å². The van der Waals surface area contributed by atoms with Crippen molar-refractivity contribution in [3.05, 3.63) is 99.7 Å². The molecule has 160 valence electrons. The molecule has 0 aliphatic carbocycles. The average Bonchev–Trinajstić information content (AvgIpc) is 3.25. The fraction of sp³-hybridized carbons (Fsp3) is 0.0800. The lowest BCUT2D eigenvalue weighted by molar-refractivity contribution is 0.174. The summed E-state index contributed by atoms with van der Waals surface area (Å²) in [4.78, 5) is 1.87. The number of nitrogens with two attached hydrogens (primary N) is 1. The van der Waals surface area contributed by atoms with Gasteiger partial charge in [0.1, 0.15) is 6.07 Å². The Balaban J connectivity index is 1.73. The summed E-state index contributed by atoms with van der Waals surface area (Å²) in [5.41, 5.74) is 10.00. The molecule has 3 aromatic rings. The Hall–Kier alpha value is -3.59. The third-order valence-electron chi connectivity index (χ3n) is 5.04. The molecule has 7 heteroatoms. The second-order valence-electron chi connectivity index (χ2n) is 7.11. The zero-order chi connectivity index (χ0) is 22.7. The Labute approximate surface area is 196 Å². The quantitative estimate of drug-likeness (QED) is 0.259. The third-order valence-corrected chi connectivity index (χ3v) is 5.62. The van der Waals surface area contributed by atoms with Crippen molar-refractivity contribution in [2.24, 2.45) is 0 Å². The fourth-order valence-electron chi connectivity index (χ4n) is 3.37. The van der Waals surface area contributed by atoms with Crippen LogP contribution in [0.4, 0.5) is 11.4 Å². The summed E-state index contributed by atoms with van der Waals surface area (Å²) in [5.74, 6) is 1.31. The summed E-state index contributed by atoms with van der Waals surface area (Å²) in [6.45, 7) is 4.74. The number of para-hydroxylation sites is 2. The van der Waals surface area contributed by atoms with E-state index in [0.717, 1.165) is 16.8 Å². The van der Waals surface area contributed by atoms with E-state index < -0.39 is 0 Å². The van der Waals surface area contributed by atoms with E-state index >= 15 is 0 Å². The van der Waals surface area contributed by atoms with Crippen LogP contribution in [0.3, 0.4) is 0 Å². The van der Waals surface area contributed by atoms with Crippen LogP contribution in [0.2, 0.25) is 10.0 Å². The van der Waals surface area contributed by atoms with Gasteiger partial charge in [-0.3, -0.25) is 0 Å². The van der Waals surface area contributed by atoms with Gasteiger partial charge in [0.25, 0.3) is 0 Å². The molecule has 0 amide bonds. The normalized spacial score (nSPS) is 12.3. The molecular weight excluding hydrogens is 445 g/mol. The lowest BCUT2D eigenvalue weighted by Crippen LogP contribution is -2.23. The van der Waals surface area contributed by atoms with Crippen LogP contribution >= 0.6 is 23.2 Å². The SMILES string of the molecule is C=C(/C(C#N)=C/c1ccc2c(c1)OCO2)N(Cc1ccc(Cl)cc1Cl)c1ccccc1N. The van der Waals surface area contributed by atoms with Crippen LogP contribution < -0.4 is 20.1 Å². The summed E-state index contributed by atoms with van der Waals surface area (Å²) in [5, 5.41) is 11.0. The molecule has 1 aliphatic heterocycles. The second kappa shape index (κ2) is 9.27. The predicted octanol–water partition coefficient (Wildman–Crippen LogP) is 6.43. The van der Waals surface area contributed by atoms with Gasteiger partial charge in [-0.15, -0.1) is 0 Å². The number of benzene rings is 3. The molecule has 0 bridgehead atoms.